The minimum Gasteiger partial charge on any atom is -0.264 e. The zero-order valence-electron chi connectivity index (χ0n) is 11.7. The average Bonchev–Trinajstić information content (AvgIpc) is 2.40. The summed E-state index contributed by atoms with van der Waals surface area (Å²) in [6.45, 7) is 6.54. The minimum absolute atomic E-state index is 0.115. The summed E-state index contributed by atoms with van der Waals surface area (Å²) < 4.78 is 4.88. The molecule has 0 radical (unpaired) electrons. The third-order valence-electron chi connectivity index (χ3n) is 2.56. The van der Waals surface area contributed by atoms with Gasteiger partial charge in [0.25, 0.3) is 0 Å². The number of hydrogen-bond acceptors (Lipinski definition) is 1. The van der Waals surface area contributed by atoms with Crippen molar-refractivity contribution < 1.29 is 0 Å². The molecular formula is C17H20NP. The van der Waals surface area contributed by atoms with E-state index >= 15 is 0 Å². The lowest BCUT2D eigenvalue weighted by atomic mass is 10.00. The first-order valence-electron chi connectivity index (χ1n) is 6.52. The van der Waals surface area contributed by atoms with Crippen molar-refractivity contribution in [3.05, 3.63) is 60.7 Å². The van der Waals surface area contributed by atoms with Crippen molar-refractivity contribution in [3.8, 4) is 0 Å². The molecule has 0 bridgehead atoms. The summed E-state index contributed by atoms with van der Waals surface area (Å²) in [5, 5.41) is 2.59. The second-order valence-electron chi connectivity index (χ2n) is 5.59. The Morgan fingerprint density at radius 3 is 1.58 bits per heavy atom. The van der Waals surface area contributed by atoms with Gasteiger partial charge in [0.05, 0.1) is 8.07 Å². The van der Waals surface area contributed by atoms with Gasteiger partial charge < -0.3 is 0 Å². The molecule has 0 amide bonds. The third-order valence-corrected chi connectivity index (χ3v) is 4.48. The van der Waals surface area contributed by atoms with Crippen LogP contribution in [-0.4, -0.2) is 6.21 Å². The molecule has 0 spiro atoms. The van der Waals surface area contributed by atoms with E-state index in [0.29, 0.717) is 0 Å². The molecule has 0 saturated heterocycles. The molecule has 0 fully saturated rings. The highest BCUT2D eigenvalue weighted by Gasteiger charge is 2.13. The first-order valence-corrected chi connectivity index (χ1v) is 7.81. The van der Waals surface area contributed by atoms with Crippen LogP contribution in [0.5, 0.6) is 0 Å². The largest absolute Gasteiger partial charge is 0.264 e. The van der Waals surface area contributed by atoms with Gasteiger partial charge in [0.1, 0.15) is 0 Å². The average molecular weight is 269 g/mol. The number of benzene rings is 2. The Balaban J connectivity index is 2.38. The van der Waals surface area contributed by atoms with Gasteiger partial charge in [0.15, 0.2) is 0 Å². The fourth-order valence-electron chi connectivity index (χ4n) is 1.65. The molecule has 1 nitrogen and oxygen atoms in total. The van der Waals surface area contributed by atoms with Gasteiger partial charge in [0.2, 0.25) is 0 Å². The van der Waals surface area contributed by atoms with Crippen molar-refractivity contribution in [2.75, 3.05) is 0 Å². The van der Waals surface area contributed by atoms with E-state index in [-0.39, 0.29) is 5.41 Å². The fraction of sp³-hybridized carbons (Fsp3) is 0.235. The molecule has 98 valence electrons. The fourth-order valence-corrected chi connectivity index (χ4v) is 3.59. The topological polar surface area (TPSA) is 12.4 Å². The first kappa shape index (κ1) is 14.0. The summed E-state index contributed by atoms with van der Waals surface area (Å²) in [5.74, 6) is 0. The highest BCUT2D eigenvalue weighted by atomic mass is 31.1. The van der Waals surface area contributed by atoms with Gasteiger partial charge in [-0.1, -0.05) is 81.4 Å². The van der Waals surface area contributed by atoms with Crippen LogP contribution in [0.25, 0.3) is 0 Å². The molecular weight excluding hydrogens is 249 g/mol. The summed E-state index contributed by atoms with van der Waals surface area (Å²) in [5.41, 5.74) is 0.115. The van der Waals surface area contributed by atoms with Gasteiger partial charge in [-0.25, -0.2) is 0 Å². The maximum absolute atomic E-state index is 4.88. The normalized spacial score (nSPS) is 12.2. The standard InChI is InChI=1S/C17H20NP/c1-17(2,3)14-18-19(15-10-6-4-7-11-15)16-12-8-5-9-13-16/h4-14H,1-3H3/b18-14+. The van der Waals surface area contributed by atoms with E-state index in [4.69, 9.17) is 4.76 Å². The summed E-state index contributed by atoms with van der Waals surface area (Å²) in [4.78, 5) is 0. The summed E-state index contributed by atoms with van der Waals surface area (Å²) >= 11 is 0. The minimum atomic E-state index is -0.646. The molecule has 0 heterocycles. The van der Waals surface area contributed by atoms with Crippen LogP contribution >= 0.6 is 8.07 Å². The van der Waals surface area contributed by atoms with Crippen LogP contribution in [0.1, 0.15) is 20.8 Å². The third kappa shape index (κ3) is 4.29. The molecule has 19 heavy (non-hydrogen) atoms. The Hall–Kier alpha value is -1.46. The lowest BCUT2D eigenvalue weighted by molar-refractivity contribution is 0.608. The summed E-state index contributed by atoms with van der Waals surface area (Å²) in [6, 6.07) is 21.1. The molecule has 2 aromatic rings. The van der Waals surface area contributed by atoms with Crippen LogP contribution in [0.4, 0.5) is 0 Å². The molecule has 0 aromatic heterocycles. The molecule has 0 aliphatic rings. The van der Waals surface area contributed by atoms with Crippen LogP contribution in [-0.2, 0) is 0 Å². The van der Waals surface area contributed by atoms with Gasteiger partial charge in [0, 0.05) is 16.8 Å². The molecule has 0 N–H and O–H groups in total. The second-order valence-corrected chi connectivity index (χ2v) is 7.48. The van der Waals surface area contributed by atoms with Crippen LogP contribution < -0.4 is 10.6 Å². The zero-order valence-corrected chi connectivity index (χ0v) is 12.6. The lowest BCUT2D eigenvalue weighted by Gasteiger charge is -2.16. The van der Waals surface area contributed by atoms with Crippen molar-refractivity contribution in [2.24, 2.45) is 10.2 Å². The van der Waals surface area contributed by atoms with Gasteiger partial charge in [-0.15, -0.1) is 0 Å². The SMILES string of the molecule is CC(C)(C)/C=N/P(c1ccccc1)c1ccccc1. The highest BCUT2D eigenvalue weighted by Crippen LogP contribution is 2.35. The Labute approximate surface area is 117 Å². The number of hydrogen-bond donors (Lipinski definition) is 0. The van der Waals surface area contributed by atoms with Crippen molar-refractivity contribution in [2.45, 2.75) is 20.8 Å². The van der Waals surface area contributed by atoms with E-state index in [1.165, 1.54) is 10.6 Å². The van der Waals surface area contributed by atoms with E-state index in [0.717, 1.165) is 0 Å². The monoisotopic (exact) mass is 269 g/mol. The smallest absolute Gasteiger partial charge is 0.0775 e. The molecule has 2 heteroatoms. The number of nitrogens with zero attached hydrogens (tertiary/aromatic N) is 1. The van der Waals surface area contributed by atoms with E-state index in [9.17, 15) is 0 Å². The first-order chi connectivity index (χ1) is 9.06. The Morgan fingerprint density at radius 1 is 0.789 bits per heavy atom. The van der Waals surface area contributed by atoms with Crippen LogP contribution in [0, 0.1) is 5.41 Å². The Kier molecular flexibility index (Phi) is 4.50. The zero-order chi connectivity index (χ0) is 13.7. The maximum atomic E-state index is 4.88. The van der Waals surface area contributed by atoms with Crippen LogP contribution in [0.3, 0.4) is 0 Å². The predicted molar refractivity (Wildman–Crippen MR) is 87.0 cm³/mol. The Bertz CT molecular complexity index is 487. The molecule has 2 aromatic carbocycles. The quantitative estimate of drug-likeness (QED) is 0.586. The van der Waals surface area contributed by atoms with Crippen molar-refractivity contribution in [3.63, 3.8) is 0 Å². The second kappa shape index (κ2) is 6.12. The molecule has 0 unspecified atom stereocenters. The summed E-state index contributed by atoms with van der Waals surface area (Å²) in [6.07, 6.45) is 2.08. The molecule has 0 atom stereocenters. The number of rotatable bonds is 3. The molecule has 2 rings (SSSR count). The molecule has 0 saturated carbocycles. The van der Waals surface area contributed by atoms with Gasteiger partial charge in [-0.2, -0.15) is 0 Å². The summed E-state index contributed by atoms with van der Waals surface area (Å²) in [7, 11) is -0.646. The lowest BCUT2D eigenvalue weighted by Crippen LogP contribution is -2.12. The highest BCUT2D eigenvalue weighted by molar-refractivity contribution is 7.71. The van der Waals surface area contributed by atoms with E-state index in [2.05, 4.69) is 87.6 Å². The van der Waals surface area contributed by atoms with Gasteiger partial charge >= 0.3 is 0 Å². The van der Waals surface area contributed by atoms with E-state index < -0.39 is 8.07 Å². The van der Waals surface area contributed by atoms with Crippen molar-refractivity contribution in [1.29, 1.82) is 0 Å². The van der Waals surface area contributed by atoms with E-state index in [1.807, 2.05) is 0 Å². The van der Waals surface area contributed by atoms with Crippen LogP contribution in [0.2, 0.25) is 0 Å². The van der Waals surface area contributed by atoms with Crippen LogP contribution in [0.15, 0.2) is 65.4 Å². The maximum Gasteiger partial charge on any atom is 0.0775 e. The van der Waals surface area contributed by atoms with Gasteiger partial charge in [-0.3, -0.25) is 4.76 Å². The van der Waals surface area contributed by atoms with E-state index in [1.54, 1.807) is 0 Å². The van der Waals surface area contributed by atoms with Crippen molar-refractivity contribution in [1.82, 2.24) is 0 Å². The molecule has 0 aliphatic carbocycles. The molecule has 0 aliphatic heterocycles. The Morgan fingerprint density at radius 2 is 1.21 bits per heavy atom. The predicted octanol–water partition coefficient (Wildman–Crippen LogP) is 4.15. The van der Waals surface area contributed by atoms with Gasteiger partial charge in [-0.05, 0) is 5.41 Å². The van der Waals surface area contributed by atoms with Crippen molar-refractivity contribution >= 4 is 24.9 Å².